The second kappa shape index (κ2) is 7.74. The van der Waals surface area contributed by atoms with Crippen molar-refractivity contribution in [3.05, 3.63) is 99.7 Å². The van der Waals surface area contributed by atoms with Gasteiger partial charge >= 0.3 is 0 Å². The van der Waals surface area contributed by atoms with Gasteiger partial charge in [0.2, 0.25) is 0 Å². The maximum Gasteiger partial charge on any atom is 0.255 e. The highest BCUT2D eigenvalue weighted by molar-refractivity contribution is 9.10. The quantitative estimate of drug-likeness (QED) is 0.409. The number of amides is 1. The number of aromatic nitrogens is 1. The summed E-state index contributed by atoms with van der Waals surface area (Å²) in [5.74, 6) is -0.108. The van der Waals surface area contributed by atoms with E-state index < -0.39 is 0 Å². The number of aromatic amines is 1. The smallest absolute Gasteiger partial charge is 0.255 e. The average Bonchev–Trinajstić information content (AvgIpc) is 3.13. The van der Waals surface area contributed by atoms with Gasteiger partial charge in [0.1, 0.15) is 0 Å². The van der Waals surface area contributed by atoms with E-state index in [-0.39, 0.29) is 11.9 Å². The summed E-state index contributed by atoms with van der Waals surface area (Å²) in [7, 11) is 2.17. The lowest BCUT2D eigenvalue weighted by Gasteiger charge is -2.33. The van der Waals surface area contributed by atoms with Gasteiger partial charge in [0.25, 0.3) is 5.91 Å². The zero-order valence-electron chi connectivity index (χ0n) is 16.7. The fourth-order valence-corrected chi connectivity index (χ4v) is 4.60. The van der Waals surface area contributed by atoms with Crippen LogP contribution in [0.5, 0.6) is 0 Å². The van der Waals surface area contributed by atoms with Crippen LogP contribution in [0.2, 0.25) is 0 Å². The van der Waals surface area contributed by atoms with E-state index in [0.29, 0.717) is 5.56 Å². The predicted octanol–water partition coefficient (Wildman–Crippen LogP) is 5.76. The summed E-state index contributed by atoms with van der Waals surface area (Å²) in [6, 6.07) is 24.2. The summed E-state index contributed by atoms with van der Waals surface area (Å²) in [6.07, 6.45) is 1.05. The van der Waals surface area contributed by atoms with Crippen LogP contribution in [0.3, 0.4) is 0 Å². The molecule has 0 aliphatic carbocycles. The van der Waals surface area contributed by atoms with E-state index in [0.717, 1.165) is 23.1 Å². The molecule has 1 aliphatic rings. The van der Waals surface area contributed by atoms with Crippen molar-refractivity contribution in [2.45, 2.75) is 12.5 Å². The van der Waals surface area contributed by atoms with Crippen molar-refractivity contribution in [2.75, 3.05) is 18.9 Å². The Balaban J connectivity index is 1.42. The second-order valence-electron chi connectivity index (χ2n) is 7.78. The summed E-state index contributed by atoms with van der Waals surface area (Å²) in [5.41, 5.74) is 6.53. The van der Waals surface area contributed by atoms with Gasteiger partial charge in [-0.1, -0.05) is 46.3 Å². The van der Waals surface area contributed by atoms with Crippen LogP contribution in [0, 0.1) is 0 Å². The van der Waals surface area contributed by atoms with E-state index in [1.165, 1.54) is 27.7 Å². The molecule has 2 heterocycles. The Kier molecular flexibility index (Phi) is 4.93. The lowest BCUT2D eigenvalue weighted by Crippen LogP contribution is -2.32. The maximum atomic E-state index is 12.5. The normalized spacial score (nSPS) is 16.4. The van der Waals surface area contributed by atoms with E-state index in [9.17, 15) is 4.79 Å². The molecule has 2 N–H and O–H groups in total. The van der Waals surface area contributed by atoms with Crippen molar-refractivity contribution in [1.29, 1.82) is 0 Å². The molecular formula is C25H22BrN3O. The summed E-state index contributed by atoms with van der Waals surface area (Å²) < 4.78 is 0.955. The van der Waals surface area contributed by atoms with Crippen LogP contribution < -0.4 is 5.32 Å². The Morgan fingerprint density at radius 1 is 1.03 bits per heavy atom. The van der Waals surface area contributed by atoms with Gasteiger partial charge < -0.3 is 10.3 Å². The van der Waals surface area contributed by atoms with Crippen molar-refractivity contribution in [3.8, 4) is 0 Å². The van der Waals surface area contributed by atoms with Gasteiger partial charge in [-0.15, -0.1) is 0 Å². The van der Waals surface area contributed by atoms with Crippen LogP contribution in [0.4, 0.5) is 5.69 Å². The van der Waals surface area contributed by atoms with Crippen LogP contribution in [-0.4, -0.2) is 29.4 Å². The summed E-state index contributed by atoms with van der Waals surface area (Å²) in [5, 5.41) is 4.31. The van der Waals surface area contributed by atoms with Crippen molar-refractivity contribution < 1.29 is 4.79 Å². The van der Waals surface area contributed by atoms with Crippen molar-refractivity contribution >= 4 is 38.4 Å². The number of fused-ring (bicyclic) bond motifs is 3. The molecule has 0 radical (unpaired) electrons. The molecule has 0 bridgehead atoms. The molecule has 4 aromatic rings. The van der Waals surface area contributed by atoms with E-state index in [1.54, 1.807) is 0 Å². The summed E-state index contributed by atoms with van der Waals surface area (Å²) in [6.45, 7) is 1.02. The van der Waals surface area contributed by atoms with Gasteiger partial charge in [0.05, 0.1) is 6.04 Å². The topological polar surface area (TPSA) is 48.1 Å². The number of H-pyrrole nitrogens is 1. The Hall–Kier alpha value is -2.89. The number of nitrogens with one attached hydrogen (secondary N) is 2. The van der Waals surface area contributed by atoms with Crippen molar-refractivity contribution in [3.63, 3.8) is 0 Å². The number of benzene rings is 3. The molecule has 1 aliphatic heterocycles. The summed E-state index contributed by atoms with van der Waals surface area (Å²) >= 11 is 3.40. The molecule has 3 aromatic carbocycles. The lowest BCUT2D eigenvalue weighted by atomic mass is 9.93. The Labute approximate surface area is 184 Å². The lowest BCUT2D eigenvalue weighted by molar-refractivity contribution is 0.102. The van der Waals surface area contributed by atoms with Crippen molar-refractivity contribution in [2.24, 2.45) is 0 Å². The number of hydrogen-bond donors (Lipinski definition) is 2. The van der Waals surface area contributed by atoms with E-state index in [1.807, 2.05) is 36.4 Å². The number of carbonyl (C=O) groups excluding carboxylic acids is 1. The highest BCUT2D eigenvalue weighted by atomic mass is 79.9. The van der Waals surface area contributed by atoms with Crippen LogP contribution in [0.15, 0.2) is 77.3 Å². The molecular weight excluding hydrogens is 438 g/mol. The molecule has 30 heavy (non-hydrogen) atoms. The fraction of sp³-hybridized carbons (Fsp3) is 0.160. The van der Waals surface area contributed by atoms with Gasteiger partial charge in [-0.05, 0) is 67.1 Å². The maximum absolute atomic E-state index is 12.5. The largest absolute Gasteiger partial charge is 0.357 e. The second-order valence-corrected chi connectivity index (χ2v) is 8.69. The van der Waals surface area contributed by atoms with Gasteiger partial charge in [0.15, 0.2) is 0 Å². The molecule has 5 heteroatoms. The molecule has 1 atom stereocenters. The average molecular weight is 460 g/mol. The van der Waals surface area contributed by atoms with Crippen molar-refractivity contribution in [1.82, 2.24) is 9.88 Å². The highest BCUT2D eigenvalue weighted by Gasteiger charge is 2.29. The Morgan fingerprint density at radius 3 is 2.53 bits per heavy atom. The first kappa shape index (κ1) is 19.1. The molecule has 0 spiro atoms. The molecule has 1 unspecified atom stereocenters. The van der Waals surface area contributed by atoms with Crippen LogP contribution in [0.1, 0.15) is 33.2 Å². The zero-order chi connectivity index (χ0) is 20.7. The first-order valence-corrected chi connectivity index (χ1v) is 10.9. The summed E-state index contributed by atoms with van der Waals surface area (Å²) in [4.78, 5) is 18.5. The number of hydrogen-bond acceptors (Lipinski definition) is 2. The van der Waals surface area contributed by atoms with Crippen LogP contribution in [-0.2, 0) is 6.42 Å². The number of rotatable bonds is 3. The number of likely N-dealkylation sites (N-methyl/N-ethyl adjacent to an activating group) is 1. The number of anilines is 1. The monoisotopic (exact) mass is 459 g/mol. The van der Waals surface area contributed by atoms with Crippen LogP contribution >= 0.6 is 15.9 Å². The molecule has 4 nitrogen and oxygen atoms in total. The SMILES string of the molecule is CN1CCc2c([nH]c3ccccc23)C1c1ccc(NC(=O)c2ccc(Br)cc2)cc1. The molecule has 1 amide bonds. The Bertz CT molecular complexity index is 1210. The third-order valence-corrected chi connectivity index (χ3v) is 6.39. The number of carbonyl (C=O) groups is 1. The zero-order valence-corrected chi connectivity index (χ0v) is 18.2. The molecule has 0 fully saturated rings. The molecule has 0 saturated carbocycles. The van der Waals surface area contributed by atoms with E-state index in [2.05, 4.69) is 74.6 Å². The first-order valence-electron chi connectivity index (χ1n) is 10.1. The van der Waals surface area contributed by atoms with Gasteiger partial charge in [0, 0.05) is 38.9 Å². The van der Waals surface area contributed by atoms with Crippen LogP contribution in [0.25, 0.3) is 10.9 Å². The third kappa shape index (κ3) is 3.44. The molecule has 1 aromatic heterocycles. The fourth-order valence-electron chi connectivity index (χ4n) is 4.34. The minimum Gasteiger partial charge on any atom is -0.357 e. The first-order chi connectivity index (χ1) is 14.6. The minimum absolute atomic E-state index is 0.108. The number of nitrogens with zero attached hydrogens (tertiary/aromatic N) is 1. The number of para-hydroxylation sites is 1. The van der Waals surface area contributed by atoms with Gasteiger partial charge in [-0.3, -0.25) is 9.69 Å². The predicted molar refractivity (Wildman–Crippen MR) is 125 cm³/mol. The van der Waals surface area contributed by atoms with E-state index >= 15 is 0 Å². The molecule has 150 valence electrons. The standard InChI is InChI=1S/C25H22BrN3O/c1-29-15-14-21-20-4-2-3-5-22(20)28-23(21)24(29)16-8-12-19(13-9-16)27-25(30)17-6-10-18(26)11-7-17/h2-13,24,28H,14-15H2,1H3,(H,27,30). The van der Waals surface area contributed by atoms with E-state index in [4.69, 9.17) is 0 Å². The van der Waals surface area contributed by atoms with Gasteiger partial charge in [-0.25, -0.2) is 0 Å². The highest BCUT2D eigenvalue weighted by Crippen LogP contribution is 2.37. The minimum atomic E-state index is -0.108. The number of halogens is 1. The third-order valence-electron chi connectivity index (χ3n) is 5.87. The van der Waals surface area contributed by atoms with Gasteiger partial charge in [-0.2, -0.15) is 0 Å². The molecule has 5 rings (SSSR count). The molecule has 0 saturated heterocycles. The Morgan fingerprint density at radius 2 is 1.77 bits per heavy atom.